The van der Waals surface area contributed by atoms with Gasteiger partial charge in [0, 0.05) is 6.42 Å². The number of carbonyl (C=O) groups excluding carboxylic acids is 2. The van der Waals surface area contributed by atoms with E-state index in [2.05, 4.69) is 0 Å². The number of carboxylic acids is 1. The number of ketones is 2. The van der Waals surface area contributed by atoms with Crippen molar-refractivity contribution < 1.29 is 24.2 Å². The van der Waals surface area contributed by atoms with E-state index in [4.69, 9.17) is 9.84 Å². The van der Waals surface area contributed by atoms with E-state index >= 15 is 0 Å². The van der Waals surface area contributed by atoms with E-state index in [0.29, 0.717) is 19.3 Å². The molecule has 0 bridgehead atoms. The molecular formula is C9H12O5. The Kier molecular flexibility index (Phi) is 3.76. The van der Waals surface area contributed by atoms with Gasteiger partial charge in [-0.1, -0.05) is 0 Å². The summed E-state index contributed by atoms with van der Waals surface area (Å²) in [5, 5.41) is 8.35. The molecule has 1 aliphatic rings. The molecule has 0 aromatic heterocycles. The molecule has 1 aliphatic heterocycles. The van der Waals surface area contributed by atoms with Crippen molar-refractivity contribution in [2.45, 2.75) is 31.8 Å². The van der Waals surface area contributed by atoms with Crippen LogP contribution in [-0.4, -0.2) is 35.4 Å². The second kappa shape index (κ2) is 4.85. The van der Waals surface area contributed by atoms with E-state index in [1.165, 1.54) is 0 Å². The Morgan fingerprint density at radius 1 is 1.43 bits per heavy atom. The van der Waals surface area contributed by atoms with Gasteiger partial charge in [0.1, 0.15) is 12.7 Å². The summed E-state index contributed by atoms with van der Waals surface area (Å²) in [4.78, 5) is 32.0. The molecule has 0 aliphatic carbocycles. The molecule has 1 atom stereocenters. The molecule has 0 saturated carbocycles. The molecule has 0 radical (unpaired) electrons. The van der Waals surface area contributed by atoms with Crippen molar-refractivity contribution in [3.05, 3.63) is 0 Å². The molecule has 0 amide bonds. The third kappa shape index (κ3) is 2.92. The average Bonchev–Trinajstić information content (AvgIpc) is 2.43. The van der Waals surface area contributed by atoms with Crippen molar-refractivity contribution in [2.75, 3.05) is 6.61 Å². The van der Waals surface area contributed by atoms with Crippen LogP contribution in [0.15, 0.2) is 0 Å². The molecule has 1 fully saturated rings. The van der Waals surface area contributed by atoms with Crippen molar-refractivity contribution in [1.82, 2.24) is 0 Å². The first-order valence-electron chi connectivity index (χ1n) is 4.51. The molecular weight excluding hydrogens is 188 g/mol. The largest absolute Gasteiger partial charge is 0.481 e. The SMILES string of the molecule is O=C(O)CCCCC1OCC(=O)C1=O. The molecule has 0 aromatic carbocycles. The lowest BCUT2D eigenvalue weighted by atomic mass is 10.1. The Balaban J connectivity index is 2.16. The van der Waals surface area contributed by atoms with Crippen LogP contribution in [0.4, 0.5) is 0 Å². The van der Waals surface area contributed by atoms with Gasteiger partial charge in [0.2, 0.25) is 11.6 Å². The number of ether oxygens (including phenoxy) is 1. The summed E-state index contributed by atoms with van der Waals surface area (Å²) < 4.78 is 4.94. The first kappa shape index (κ1) is 10.8. The maximum absolute atomic E-state index is 11.0. The number of hydrogen-bond donors (Lipinski definition) is 1. The number of hydrogen-bond acceptors (Lipinski definition) is 4. The maximum atomic E-state index is 11.0. The fourth-order valence-electron chi connectivity index (χ4n) is 1.32. The lowest BCUT2D eigenvalue weighted by Crippen LogP contribution is -2.19. The molecule has 1 rings (SSSR count). The number of carbonyl (C=O) groups is 3. The Bertz CT molecular complexity index is 258. The van der Waals surface area contributed by atoms with Crippen LogP contribution >= 0.6 is 0 Å². The number of carboxylic acid groups (broad SMARTS) is 1. The summed E-state index contributed by atoms with van der Waals surface area (Å²) >= 11 is 0. The van der Waals surface area contributed by atoms with Crippen LogP contribution in [0, 0.1) is 0 Å². The standard InChI is InChI=1S/C9H12O5/c10-6-5-14-7(9(6)13)3-1-2-4-8(11)12/h7H,1-5H2,(H,11,12). The Morgan fingerprint density at radius 2 is 2.14 bits per heavy atom. The number of rotatable bonds is 5. The lowest BCUT2D eigenvalue weighted by molar-refractivity contribution is -0.137. The highest BCUT2D eigenvalue weighted by atomic mass is 16.5. The van der Waals surface area contributed by atoms with Crippen LogP contribution < -0.4 is 0 Å². The minimum atomic E-state index is -0.847. The smallest absolute Gasteiger partial charge is 0.303 e. The van der Waals surface area contributed by atoms with Crippen molar-refractivity contribution in [1.29, 1.82) is 0 Å². The van der Waals surface area contributed by atoms with Crippen LogP contribution in [0.1, 0.15) is 25.7 Å². The summed E-state index contributed by atoms with van der Waals surface area (Å²) in [7, 11) is 0. The zero-order valence-electron chi connectivity index (χ0n) is 7.69. The minimum absolute atomic E-state index is 0.0921. The van der Waals surface area contributed by atoms with Gasteiger partial charge in [-0.15, -0.1) is 0 Å². The van der Waals surface area contributed by atoms with E-state index in [9.17, 15) is 14.4 Å². The highest BCUT2D eigenvalue weighted by Crippen LogP contribution is 2.13. The highest BCUT2D eigenvalue weighted by molar-refractivity contribution is 6.40. The van der Waals surface area contributed by atoms with E-state index in [1.54, 1.807) is 0 Å². The third-order valence-corrected chi connectivity index (χ3v) is 2.09. The molecule has 78 valence electrons. The molecule has 5 heteroatoms. The fraction of sp³-hybridized carbons (Fsp3) is 0.667. The summed E-state index contributed by atoms with van der Waals surface area (Å²) in [6.45, 7) is -0.123. The number of unbranched alkanes of at least 4 members (excludes halogenated alkanes) is 1. The second-order valence-corrected chi connectivity index (χ2v) is 3.23. The zero-order valence-corrected chi connectivity index (χ0v) is 7.69. The Labute approximate surface area is 81.0 Å². The van der Waals surface area contributed by atoms with Gasteiger partial charge in [-0.3, -0.25) is 14.4 Å². The Hall–Kier alpha value is -1.23. The summed E-state index contributed by atoms with van der Waals surface area (Å²) in [6, 6.07) is 0. The van der Waals surface area contributed by atoms with Crippen LogP contribution in [0.5, 0.6) is 0 Å². The zero-order chi connectivity index (χ0) is 10.6. The maximum Gasteiger partial charge on any atom is 0.303 e. The van der Waals surface area contributed by atoms with Gasteiger partial charge in [0.25, 0.3) is 0 Å². The molecule has 0 aromatic rings. The molecule has 0 spiro atoms. The normalized spacial score (nSPS) is 21.6. The summed E-state index contributed by atoms with van der Waals surface area (Å²) in [5.41, 5.74) is 0. The van der Waals surface area contributed by atoms with Gasteiger partial charge in [-0.2, -0.15) is 0 Å². The molecule has 1 saturated heterocycles. The molecule has 1 N–H and O–H groups in total. The minimum Gasteiger partial charge on any atom is -0.481 e. The molecule has 1 unspecified atom stereocenters. The van der Waals surface area contributed by atoms with E-state index in [-0.39, 0.29) is 13.0 Å². The van der Waals surface area contributed by atoms with Gasteiger partial charge in [0.05, 0.1) is 0 Å². The number of aliphatic carboxylic acids is 1. The number of Topliss-reactive ketones (excluding diaryl/α,β-unsaturated/α-hetero) is 2. The predicted octanol–water partition coefficient (Wildman–Crippen LogP) is 0.168. The molecule has 1 heterocycles. The summed E-state index contributed by atoms with van der Waals surface area (Å²) in [6.07, 6.45) is 1.01. The van der Waals surface area contributed by atoms with E-state index in [1.807, 2.05) is 0 Å². The monoisotopic (exact) mass is 200 g/mol. The lowest BCUT2D eigenvalue weighted by Gasteiger charge is -2.04. The van der Waals surface area contributed by atoms with Crippen LogP contribution in [-0.2, 0) is 19.1 Å². The van der Waals surface area contributed by atoms with Gasteiger partial charge in [-0.05, 0) is 19.3 Å². The Morgan fingerprint density at radius 3 is 2.64 bits per heavy atom. The molecule has 14 heavy (non-hydrogen) atoms. The van der Waals surface area contributed by atoms with Crippen LogP contribution in [0.2, 0.25) is 0 Å². The average molecular weight is 200 g/mol. The van der Waals surface area contributed by atoms with Crippen molar-refractivity contribution in [2.24, 2.45) is 0 Å². The highest BCUT2D eigenvalue weighted by Gasteiger charge is 2.32. The van der Waals surface area contributed by atoms with Crippen LogP contribution in [0.25, 0.3) is 0 Å². The van der Waals surface area contributed by atoms with Gasteiger partial charge < -0.3 is 9.84 Å². The van der Waals surface area contributed by atoms with Crippen molar-refractivity contribution >= 4 is 17.5 Å². The first-order valence-corrected chi connectivity index (χ1v) is 4.51. The van der Waals surface area contributed by atoms with Gasteiger partial charge in [0.15, 0.2) is 0 Å². The van der Waals surface area contributed by atoms with Crippen molar-refractivity contribution in [3.8, 4) is 0 Å². The molecule has 5 nitrogen and oxygen atoms in total. The van der Waals surface area contributed by atoms with Crippen molar-refractivity contribution in [3.63, 3.8) is 0 Å². The topological polar surface area (TPSA) is 80.7 Å². The quantitative estimate of drug-likeness (QED) is 0.505. The second-order valence-electron chi connectivity index (χ2n) is 3.23. The van der Waals surface area contributed by atoms with Crippen LogP contribution in [0.3, 0.4) is 0 Å². The van der Waals surface area contributed by atoms with Gasteiger partial charge in [-0.25, -0.2) is 0 Å². The van der Waals surface area contributed by atoms with E-state index < -0.39 is 23.6 Å². The first-order chi connectivity index (χ1) is 6.61. The third-order valence-electron chi connectivity index (χ3n) is 2.09. The summed E-state index contributed by atoms with van der Waals surface area (Å²) in [5.74, 6) is -1.80. The van der Waals surface area contributed by atoms with E-state index in [0.717, 1.165) is 0 Å². The van der Waals surface area contributed by atoms with Gasteiger partial charge >= 0.3 is 5.97 Å². The predicted molar refractivity (Wildman–Crippen MR) is 45.9 cm³/mol. The fourth-order valence-corrected chi connectivity index (χ4v) is 1.32.